The van der Waals surface area contributed by atoms with Crippen LogP contribution in [0.2, 0.25) is 0 Å². The number of para-hydroxylation sites is 2. The summed E-state index contributed by atoms with van der Waals surface area (Å²) in [7, 11) is 0. The molecule has 2 aliphatic rings. The average molecular weight is 465 g/mol. The lowest BCUT2D eigenvalue weighted by molar-refractivity contribution is 0.0675. The average Bonchev–Trinajstić information content (AvgIpc) is 3.65. The normalized spacial score (nSPS) is 17.7. The van der Waals surface area contributed by atoms with Crippen LogP contribution in [-0.2, 0) is 18.3 Å². The van der Waals surface area contributed by atoms with Gasteiger partial charge in [-0.1, -0.05) is 41.6 Å². The number of aromatic nitrogens is 3. The van der Waals surface area contributed by atoms with E-state index in [-0.39, 0.29) is 11.3 Å². The van der Waals surface area contributed by atoms with Crippen LogP contribution < -0.4 is 0 Å². The van der Waals surface area contributed by atoms with Gasteiger partial charge in [0.05, 0.1) is 0 Å². The maximum atomic E-state index is 13.5. The van der Waals surface area contributed by atoms with Crippen molar-refractivity contribution in [2.45, 2.75) is 43.9 Å². The van der Waals surface area contributed by atoms with Gasteiger partial charge in [-0.3, -0.25) is 4.79 Å². The highest BCUT2D eigenvalue weighted by molar-refractivity contribution is 5.94. The first-order valence-electron chi connectivity index (χ1n) is 12.6. The molecule has 4 heterocycles. The number of nitrogens with zero attached hydrogens (tertiary/aromatic N) is 2. The number of piperidine rings is 1. The number of fused-ring (bicyclic) bond motifs is 3. The van der Waals surface area contributed by atoms with Gasteiger partial charge in [-0.05, 0) is 55.4 Å². The summed E-state index contributed by atoms with van der Waals surface area (Å²) in [5.74, 6) is 0.923. The summed E-state index contributed by atoms with van der Waals surface area (Å²) in [5.41, 5.74) is 6.29. The van der Waals surface area contributed by atoms with E-state index >= 15 is 0 Å². The van der Waals surface area contributed by atoms with Crippen LogP contribution in [-0.4, -0.2) is 39.0 Å². The third-order valence-corrected chi connectivity index (χ3v) is 8.27. The second kappa shape index (κ2) is 7.87. The van der Waals surface area contributed by atoms with Gasteiger partial charge in [-0.15, -0.1) is 0 Å². The lowest BCUT2D eigenvalue weighted by Crippen LogP contribution is -2.46. The van der Waals surface area contributed by atoms with Crippen molar-refractivity contribution in [1.82, 2.24) is 20.0 Å². The van der Waals surface area contributed by atoms with Gasteiger partial charge in [0.15, 0.2) is 5.69 Å². The molecular weight excluding hydrogens is 436 g/mol. The molecule has 0 spiro atoms. The van der Waals surface area contributed by atoms with Crippen molar-refractivity contribution in [2.75, 3.05) is 13.1 Å². The molecule has 2 N–H and O–H groups in total. The van der Waals surface area contributed by atoms with Gasteiger partial charge < -0.3 is 19.4 Å². The Morgan fingerprint density at radius 1 is 0.857 bits per heavy atom. The molecule has 1 saturated heterocycles. The van der Waals surface area contributed by atoms with E-state index in [2.05, 4.69) is 76.0 Å². The minimum atomic E-state index is -0.195. The Balaban J connectivity index is 1.28. The van der Waals surface area contributed by atoms with Gasteiger partial charge in [0.25, 0.3) is 5.91 Å². The monoisotopic (exact) mass is 464 g/mol. The van der Waals surface area contributed by atoms with Gasteiger partial charge in [0.1, 0.15) is 5.76 Å². The Labute approximate surface area is 203 Å². The number of H-pyrrole nitrogens is 2. The fourth-order valence-electron chi connectivity index (χ4n) is 6.41. The predicted molar refractivity (Wildman–Crippen MR) is 136 cm³/mol. The van der Waals surface area contributed by atoms with E-state index in [4.69, 9.17) is 4.52 Å². The summed E-state index contributed by atoms with van der Waals surface area (Å²) in [6.07, 6.45) is 10.0. The van der Waals surface area contributed by atoms with Crippen molar-refractivity contribution in [1.29, 1.82) is 0 Å². The highest BCUT2D eigenvalue weighted by Gasteiger charge is 2.42. The SMILES string of the molecule is O=C(c1noc2c1CCCC2)N1CCC(c2c[nH]c3ccccc23)(c2c[nH]c3ccccc23)CC1. The number of likely N-dealkylation sites (tertiary alicyclic amines) is 1. The van der Waals surface area contributed by atoms with Crippen LogP contribution in [0.25, 0.3) is 21.8 Å². The number of benzene rings is 2. The molecule has 0 radical (unpaired) electrons. The molecule has 176 valence electrons. The minimum absolute atomic E-state index is 0.0170. The minimum Gasteiger partial charge on any atom is -0.361 e. The van der Waals surface area contributed by atoms with Gasteiger partial charge in [0, 0.05) is 64.7 Å². The number of aryl methyl sites for hydroxylation is 1. The summed E-state index contributed by atoms with van der Waals surface area (Å²) in [6, 6.07) is 17.0. The molecule has 1 amide bonds. The largest absolute Gasteiger partial charge is 0.361 e. The number of rotatable bonds is 3. The number of carbonyl (C=O) groups excluding carboxylic acids is 1. The molecule has 35 heavy (non-hydrogen) atoms. The van der Waals surface area contributed by atoms with E-state index in [9.17, 15) is 4.79 Å². The summed E-state index contributed by atoms with van der Waals surface area (Å²) in [4.78, 5) is 22.5. The fourth-order valence-corrected chi connectivity index (χ4v) is 6.41. The summed E-state index contributed by atoms with van der Waals surface area (Å²) in [6.45, 7) is 1.36. The smallest absolute Gasteiger partial charge is 0.276 e. The first-order chi connectivity index (χ1) is 17.2. The Hall–Kier alpha value is -3.80. The van der Waals surface area contributed by atoms with E-state index < -0.39 is 0 Å². The molecule has 0 unspecified atom stereocenters. The molecule has 6 nitrogen and oxygen atoms in total. The second-order valence-electron chi connectivity index (χ2n) is 10.0. The zero-order valence-corrected chi connectivity index (χ0v) is 19.6. The van der Waals surface area contributed by atoms with Crippen LogP contribution >= 0.6 is 0 Å². The molecule has 6 heteroatoms. The van der Waals surface area contributed by atoms with Crippen molar-refractivity contribution in [3.63, 3.8) is 0 Å². The lowest BCUT2D eigenvalue weighted by atomic mass is 9.68. The number of amides is 1. The highest BCUT2D eigenvalue weighted by atomic mass is 16.5. The summed E-state index contributed by atoms with van der Waals surface area (Å²) in [5, 5.41) is 6.72. The maximum absolute atomic E-state index is 13.5. The number of aromatic amines is 2. The first-order valence-corrected chi connectivity index (χ1v) is 12.6. The standard InChI is InChI=1S/C29H28N4O2/c34-28(27-21-9-3-6-12-26(21)35-32-27)33-15-13-29(14-16-33,22-17-30-24-10-4-1-7-19(22)24)23-18-31-25-11-5-2-8-20(23)25/h1-2,4-5,7-8,10-11,17-18,30-31H,3,6,9,12-16H2. The van der Waals surface area contributed by atoms with Crippen LogP contribution in [0.15, 0.2) is 65.4 Å². The maximum Gasteiger partial charge on any atom is 0.276 e. The Morgan fingerprint density at radius 3 is 2.11 bits per heavy atom. The van der Waals surface area contributed by atoms with Gasteiger partial charge in [-0.25, -0.2) is 0 Å². The van der Waals surface area contributed by atoms with Gasteiger partial charge in [-0.2, -0.15) is 0 Å². The Kier molecular flexibility index (Phi) is 4.62. The number of hydrogen-bond acceptors (Lipinski definition) is 3. The van der Waals surface area contributed by atoms with E-state index in [0.717, 1.165) is 60.9 Å². The zero-order chi connectivity index (χ0) is 23.4. The Bertz CT molecular complexity index is 1470. The van der Waals surface area contributed by atoms with Crippen LogP contribution in [0.4, 0.5) is 0 Å². The van der Waals surface area contributed by atoms with Crippen molar-refractivity contribution in [2.24, 2.45) is 0 Å². The third-order valence-electron chi connectivity index (χ3n) is 8.27. The molecule has 5 aromatic rings. The number of carbonyl (C=O) groups is 1. The van der Waals surface area contributed by atoms with Crippen molar-refractivity contribution >= 4 is 27.7 Å². The zero-order valence-electron chi connectivity index (χ0n) is 19.6. The molecule has 0 saturated carbocycles. The van der Waals surface area contributed by atoms with Crippen molar-refractivity contribution in [3.05, 3.63) is 89.1 Å². The van der Waals surface area contributed by atoms with Crippen molar-refractivity contribution < 1.29 is 9.32 Å². The molecule has 1 aliphatic heterocycles. The molecule has 1 aliphatic carbocycles. The molecule has 2 aromatic carbocycles. The van der Waals surface area contributed by atoms with Crippen LogP contribution in [0.5, 0.6) is 0 Å². The molecule has 1 fully saturated rings. The quantitative estimate of drug-likeness (QED) is 0.357. The predicted octanol–water partition coefficient (Wildman–Crippen LogP) is 5.74. The van der Waals surface area contributed by atoms with E-state index in [1.165, 1.54) is 21.9 Å². The third kappa shape index (κ3) is 3.09. The lowest BCUT2D eigenvalue weighted by Gasteiger charge is -2.42. The molecule has 0 bridgehead atoms. The van der Waals surface area contributed by atoms with E-state index in [1.54, 1.807) is 0 Å². The van der Waals surface area contributed by atoms with Crippen molar-refractivity contribution in [3.8, 4) is 0 Å². The summed E-state index contributed by atoms with van der Waals surface area (Å²) < 4.78 is 5.55. The number of hydrogen-bond donors (Lipinski definition) is 2. The molecule has 7 rings (SSSR count). The van der Waals surface area contributed by atoms with Crippen LogP contribution in [0.1, 0.15) is 58.6 Å². The van der Waals surface area contributed by atoms with Gasteiger partial charge in [0.2, 0.25) is 0 Å². The van der Waals surface area contributed by atoms with Gasteiger partial charge >= 0.3 is 0 Å². The highest BCUT2D eigenvalue weighted by Crippen LogP contribution is 2.47. The molecule has 3 aromatic heterocycles. The second-order valence-corrected chi connectivity index (χ2v) is 10.0. The number of nitrogens with one attached hydrogen (secondary N) is 2. The molecular formula is C29H28N4O2. The first kappa shape index (κ1) is 20.6. The summed E-state index contributed by atoms with van der Waals surface area (Å²) >= 11 is 0. The van der Waals surface area contributed by atoms with E-state index in [0.29, 0.717) is 18.8 Å². The molecule has 0 atom stereocenters. The van der Waals surface area contributed by atoms with Crippen LogP contribution in [0, 0.1) is 0 Å². The Morgan fingerprint density at radius 2 is 1.46 bits per heavy atom. The topological polar surface area (TPSA) is 77.9 Å². The fraction of sp³-hybridized carbons (Fsp3) is 0.310. The van der Waals surface area contributed by atoms with Crippen LogP contribution in [0.3, 0.4) is 0 Å². The van der Waals surface area contributed by atoms with E-state index in [1.807, 2.05) is 4.90 Å².